The Morgan fingerprint density at radius 1 is 1.14 bits per heavy atom. The van der Waals surface area contributed by atoms with Crippen molar-refractivity contribution < 1.29 is 13.5 Å². The van der Waals surface area contributed by atoms with E-state index >= 15 is 0 Å². The second-order valence-electron chi connectivity index (χ2n) is 5.84. The molecule has 1 fully saturated rings. The van der Waals surface area contributed by atoms with Crippen LogP contribution in [0.3, 0.4) is 0 Å². The van der Waals surface area contributed by atoms with Crippen LogP contribution in [0.4, 0.5) is 0 Å². The summed E-state index contributed by atoms with van der Waals surface area (Å²) in [6.45, 7) is 4.53. The summed E-state index contributed by atoms with van der Waals surface area (Å²) in [5.41, 5.74) is 0.865. The summed E-state index contributed by atoms with van der Waals surface area (Å²) in [4.78, 5) is 4.36. The molecule has 1 heterocycles. The fraction of sp³-hybridized carbons (Fsp3) is 0.600. The van der Waals surface area contributed by atoms with Crippen molar-refractivity contribution in [2.75, 3.05) is 51.3 Å². The van der Waals surface area contributed by atoms with Gasteiger partial charge in [0, 0.05) is 50.5 Å². The summed E-state index contributed by atoms with van der Waals surface area (Å²) >= 11 is 5.85. The summed E-state index contributed by atoms with van der Waals surface area (Å²) in [7, 11) is -2.90. The molecule has 7 heteroatoms. The van der Waals surface area contributed by atoms with Gasteiger partial charge in [0.15, 0.2) is 0 Å². The lowest BCUT2D eigenvalue weighted by atomic mass is 10.1. The van der Waals surface area contributed by atoms with Gasteiger partial charge in [-0.1, -0.05) is 23.7 Å². The van der Waals surface area contributed by atoms with Crippen LogP contribution in [0.15, 0.2) is 24.3 Å². The molecule has 2 rings (SSSR count). The van der Waals surface area contributed by atoms with Gasteiger partial charge in [-0.25, -0.2) is 8.42 Å². The maximum atomic E-state index is 11.2. The van der Waals surface area contributed by atoms with Crippen LogP contribution in [0.2, 0.25) is 5.02 Å². The largest absolute Gasteiger partial charge is 0.387 e. The van der Waals surface area contributed by atoms with Crippen molar-refractivity contribution in [3.05, 3.63) is 34.9 Å². The number of β-amino-alcohol motifs (C(OH)–C–C–N with tert-alkyl or cyclic N) is 1. The van der Waals surface area contributed by atoms with Crippen molar-refractivity contribution in [3.63, 3.8) is 0 Å². The van der Waals surface area contributed by atoms with Crippen molar-refractivity contribution in [1.82, 2.24) is 9.80 Å². The average molecular weight is 347 g/mol. The first-order valence-corrected chi connectivity index (χ1v) is 9.83. The van der Waals surface area contributed by atoms with Gasteiger partial charge in [-0.15, -0.1) is 0 Å². The Morgan fingerprint density at radius 2 is 1.68 bits per heavy atom. The summed E-state index contributed by atoms with van der Waals surface area (Å²) in [6, 6.07) is 7.25. The molecule has 124 valence electrons. The highest BCUT2D eigenvalue weighted by molar-refractivity contribution is 7.90. The van der Waals surface area contributed by atoms with Gasteiger partial charge in [-0.3, -0.25) is 9.80 Å². The van der Waals surface area contributed by atoms with Gasteiger partial charge < -0.3 is 5.11 Å². The molecule has 0 radical (unpaired) electrons. The molecule has 1 N–H and O–H groups in total. The normalized spacial score (nSPS) is 19.2. The third-order valence-corrected chi connectivity index (χ3v) is 5.11. The van der Waals surface area contributed by atoms with Gasteiger partial charge in [-0.05, 0) is 17.7 Å². The lowest BCUT2D eigenvalue weighted by Crippen LogP contribution is -2.48. The molecule has 1 aromatic rings. The highest BCUT2D eigenvalue weighted by atomic mass is 35.5. The molecule has 1 saturated heterocycles. The zero-order valence-corrected chi connectivity index (χ0v) is 14.4. The fourth-order valence-corrected chi connectivity index (χ4v) is 3.24. The summed E-state index contributed by atoms with van der Waals surface area (Å²) in [5.74, 6) is 0.209. The van der Waals surface area contributed by atoms with Crippen molar-refractivity contribution in [2.45, 2.75) is 6.10 Å². The molecular weight excluding hydrogens is 324 g/mol. The molecule has 0 aromatic heterocycles. The maximum Gasteiger partial charge on any atom is 0.148 e. The SMILES string of the molecule is CS(=O)(=O)CCN1CCN(CC(O)c2ccc(Cl)cc2)CC1. The quantitative estimate of drug-likeness (QED) is 0.834. The van der Waals surface area contributed by atoms with Crippen molar-refractivity contribution in [1.29, 1.82) is 0 Å². The van der Waals surface area contributed by atoms with Crippen LogP contribution in [0, 0.1) is 0 Å². The summed E-state index contributed by atoms with van der Waals surface area (Å²) in [5, 5.41) is 10.9. The molecule has 1 unspecified atom stereocenters. The molecule has 0 amide bonds. The Kier molecular flexibility index (Phi) is 6.23. The third-order valence-electron chi connectivity index (χ3n) is 3.93. The van der Waals surface area contributed by atoms with E-state index in [1.54, 1.807) is 12.1 Å². The second kappa shape index (κ2) is 7.75. The molecule has 5 nitrogen and oxygen atoms in total. The standard InChI is InChI=1S/C15H23ClN2O3S/c1-22(20,21)11-10-17-6-8-18(9-7-17)12-15(19)13-2-4-14(16)5-3-13/h2-5,15,19H,6-12H2,1H3. The van der Waals surface area contributed by atoms with E-state index in [4.69, 9.17) is 11.6 Å². The van der Waals surface area contributed by atoms with E-state index in [1.807, 2.05) is 12.1 Å². The van der Waals surface area contributed by atoms with Gasteiger partial charge in [0.1, 0.15) is 9.84 Å². The number of rotatable bonds is 6. The first kappa shape index (κ1) is 17.7. The van der Waals surface area contributed by atoms with Gasteiger partial charge in [0.2, 0.25) is 0 Å². The molecule has 0 aliphatic carbocycles. The minimum atomic E-state index is -2.90. The van der Waals surface area contributed by atoms with Crippen LogP contribution in [0.1, 0.15) is 11.7 Å². The molecule has 0 bridgehead atoms. The van der Waals surface area contributed by atoms with Crippen LogP contribution in [0.5, 0.6) is 0 Å². The van der Waals surface area contributed by atoms with Crippen LogP contribution in [-0.4, -0.2) is 74.6 Å². The van der Waals surface area contributed by atoms with E-state index in [9.17, 15) is 13.5 Å². The minimum Gasteiger partial charge on any atom is -0.387 e. The smallest absolute Gasteiger partial charge is 0.148 e. The number of sulfone groups is 1. The molecule has 1 aliphatic heterocycles. The number of nitrogens with zero attached hydrogens (tertiary/aromatic N) is 2. The van der Waals surface area contributed by atoms with Crippen LogP contribution in [-0.2, 0) is 9.84 Å². The second-order valence-corrected chi connectivity index (χ2v) is 8.54. The fourth-order valence-electron chi connectivity index (χ4n) is 2.53. The highest BCUT2D eigenvalue weighted by Gasteiger charge is 2.20. The molecule has 0 saturated carbocycles. The monoisotopic (exact) mass is 346 g/mol. The molecule has 1 aliphatic rings. The van der Waals surface area contributed by atoms with Gasteiger partial charge in [0.05, 0.1) is 11.9 Å². The minimum absolute atomic E-state index is 0.209. The first-order chi connectivity index (χ1) is 10.3. The molecule has 0 spiro atoms. The Bertz CT molecular complexity index is 569. The number of piperazine rings is 1. The van der Waals surface area contributed by atoms with E-state index in [0.717, 1.165) is 31.7 Å². The number of aliphatic hydroxyl groups excluding tert-OH is 1. The number of aliphatic hydroxyl groups is 1. The van der Waals surface area contributed by atoms with Gasteiger partial charge in [0.25, 0.3) is 0 Å². The van der Waals surface area contributed by atoms with E-state index in [0.29, 0.717) is 18.1 Å². The van der Waals surface area contributed by atoms with Crippen LogP contribution in [0.25, 0.3) is 0 Å². The van der Waals surface area contributed by atoms with Crippen molar-refractivity contribution >= 4 is 21.4 Å². The lowest BCUT2D eigenvalue weighted by molar-refractivity contribution is 0.0746. The Hall–Kier alpha value is -0.660. The van der Waals surface area contributed by atoms with Crippen LogP contribution < -0.4 is 0 Å². The van der Waals surface area contributed by atoms with Crippen LogP contribution >= 0.6 is 11.6 Å². The van der Waals surface area contributed by atoms with Crippen molar-refractivity contribution in [3.8, 4) is 0 Å². The Balaban J connectivity index is 1.76. The third kappa shape index (κ3) is 5.85. The predicted molar refractivity (Wildman–Crippen MR) is 89.0 cm³/mol. The number of halogens is 1. The van der Waals surface area contributed by atoms with E-state index in [2.05, 4.69) is 9.80 Å². The molecular formula is C15H23ClN2O3S. The number of hydrogen-bond acceptors (Lipinski definition) is 5. The van der Waals surface area contributed by atoms with E-state index < -0.39 is 15.9 Å². The summed E-state index contributed by atoms with van der Waals surface area (Å²) in [6.07, 6.45) is 0.742. The van der Waals surface area contributed by atoms with Gasteiger partial charge >= 0.3 is 0 Å². The van der Waals surface area contributed by atoms with Gasteiger partial charge in [-0.2, -0.15) is 0 Å². The van der Waals surface area contributed by atoms with E-state index in [1.165, 1.54) is 6.26 Å². The Labute approximate surface area is 137 Å². The van der Waals surface area contributed by atoms with Crippen molar-refractivity contribution in [2.24, 2.45) is 0 Å². The molecule has 1 aromatic carbocycles. The summed E-state index contributed by atoms with van der Waals surface area (Å²) < 4.78 is 22.4. The lowest BCUT2D eigenvalue weighted by Gasteiger charge is -2.35. The zero-order valence-electron chi connectivity index (χ0n) is 12.8. The maximum absolute atomic E-state index is 11.2. The molecule has 1 atom stereocenters. The number of hydrogen-bond donors (Lipinski definition) is 1. The highest BCUT2D eigenvalue weighted by Crippen LogP contribution is 2.18. The average Bonchev–Trinajstić information content (AvgIpc) is 2.46. The molecule has 22 heavy (non-hydrogen) atoms. The Morgan fingerprint density at radius 3 is 2.23 bits per heavy atom. The van der Waals surface area contributed by atoms with E-state index in [-0.39, 0.29) is 5.75 Å². The topological polar surface area (TPSA) is 60.9 Å². The predicted octanol–water partition coefficient (Wildman–Crippen LogP) is 1.04. The zero-order chi connectivity index (χ0) is 16.2. The first-order valence-electron chi connectivity index (χ1n) is 7.39. The number of benzene rings is 1.